The van der Waals surface area contributed by atoms with E-state index in [4.69, 9.17) is 21.1 Å². The number of methoxy groups -OCH3 is 1. The highest BCUT2D eigenvalue weighted by molar-refractivity contribution is 7.92. The van der Waals surface area contributed by atoms with Crippen LogP contribution in [-0.2, 0) is 19.6 Å². The monoisotopic (exact) mass is 454 g/mol. The minimum Gasteiger partial charge on any atom is -0.495 e. The first-order valence-electron chi connectivity index (χ1n) is 9.00. The van der Waals surface area contributed by atoms with Gasteiger partial charge in [-0.1, -0.05) is 23.7 Å². The Balaban J connectivity index is 2.42. The standard InChI is InChI=1S/C20H23ClN2O6S/c1-5-29-20(25)15-8-6-7-9-16(15)22-19(24)13(2)23(30(4,26)27)17-12-14(21)10-11-18(17)28-3/h6-13H,5H2,1-4H3,(H,22,24)/t13-/m0/s1. The van der Waals surface area contributed by atoms with E-state index in [1.54, 1.807) is 25.1 Å². The Hall–Kier alpha value is -2.78. The van der Waals surface area contributed by atoms with Gasteiger partial charge in [-0.25, -0.2) is 13.2 Å². The van der Waals surface area contributed by atoms with Crippen molar-refractivity contribution in [2.75, 3.05) is 29.6 Å². The van der Waals surface area contributed by atoms with E-state index in [1.165, 1.54) is 38.3 Å². The van der Waals surface area contributed by atoms with E-state index in [0.29, 0.717) is 0 Å². The number of sulfonamides is 1. The first kappa shape index (κ1) is 23.5. The van der Waals surface area contributed by atoms with E-state index in [0.717, 1.165) is 10.6 Å². The van der Waals surface area contributed by atoms with Gasteiger partial charge in [-0.2, -0.15) is 0 Å². The lowest BCUT2D eigenvalue weighted by atomic mass is 10.1. The molecule has 8 nitrogen and oxygen atoms in total. The zero-order valence-corrected chi connectivity index (χ0v) is 18.6. The van der Waals surface area contributed by atoms with Gasteiger partial charge in [0, 0.05) is 5.02 Å². The molecule has 30 heavy (non-hydrogen) atoms. The highest BCUT2D eigenvalue weighted by atomic mass is 35.5. The van der Waals surface area contributed by atoms with E-state index in [-0.39, 0.29) is 34.3 Å². The molecule has 0 radical (unpaired) electrons. The Morgan fingerprint density at radius 2 is 1.87 bits per heavy atom. The molecule has 0 aliphatic carbocycles. The smallest absolute Gasteiger partial charge is 0.340 e. The van der Waals surface area contributed by atoms with Crippen LogP contribution in [0.25, 0.3) is 0 Å². The number of ether oxygens (including phenoxy) is 2. The second kappa shape index (κ2) is 9.82. The summed E-state index contributed by atoms with van der Waals surface area (Å²) in [6, 6.07) is 9.58. The molecule has 1 N–H and O–H groups in total. The molecular weight excluding hydrogens is 432 g/mol. The van der Waals surface area contributed by atoms with Crippen LogP contribution in [0.1, 0.15) is 24.2 Å². The van der Waals surface area contributed by atoms with Crippen molar-refractivity contribution in [2.45, 2.75) is 19.9 Å². The summed E-state index contributed by atoms with van der Waals surface area (Å²) < 4.78 is 36.2. The van der Waals surface area contributed by atoms with Crippen molar-refractivity contribution in [2.24, 2.45) is 0 Å². The average Bonchev–Trinajstić information content (AvgIpc) is 2.67. The zero-order chi connectivity index (χ0) is 22.5. The van der Waals surface area contributed by atoms with Crippen molar-refractivity contribution >= 4 is 44.9 Å². The number of esters is 1. The minimum atomic E-state index is -3.90. The molecule has 0 aromatic heterocycles. The van der Waals surface area contributed by atoms with Gasteiger partial charge in [-0.15, -0.1) is 0 Å². The van der Waals surface area contributed by atoms with Crippen molar-refractivity contribution in [3.8, 4) is 5.75 Å². The number of benzene rings is 2. The highest BCUT2D eigenvalue weighted by Crippen LogP contribution is 2.34. The highest BCUT2D eigenvalue weighted by Gasteiger charge is 2.32. The Kier molecular flexibility index (Phi) is 7.69. The molecule has 2 rings (SSSR count). The van der Waals surface area contributed by atoms with Crippen molar-refractivity contribution in [3.05, 3.63) is 53.1 Å². The summed E-state index contributed by atoms with van der Waals surface area (Å²) >= 11 is 6.04. The lowest BCUT2D eigenvalue weighted by Crippen LogP contribution is -2.45. The van der Waals surface area contributed by atoms with Gasteiger partial charge in [0.25, 0.3) is 0 Å². The Bertz CT molecular complexity index is 1040. The number of rotatable bonds is 8. The van der Waals surface area contributed by atoms with Crippen molar-refractivity contribution in [1.29, 1.82) is 0 Å². The summed E-state index contributed by atoms with van der Waals surface area (Å²) in [7, 11) is -2.51. The van der Waals surface area contributed by atoms with Gasteiger partial charge in [-0.3, -0.25) is 9.10 Å². The van der Waals surface area contributed by atoms with Crippen LogP contribution < -0.4 is 14.4 Å². The SMILES string of the molecule is CCOC(=O)c1ccccc1NC(=O)[C@H](C)N(c1cc(Cl)ccc1OC)S(C)(=O)=O. The molecule has 1 atom stereocenters. The summed E-state index contributed by atoms with van der Waals surface area (Å²) in [5, 5.41) is 2.88. The second-order valence-electron chi connectivity index (χ2n) is 6.31. The molecular formula is C20H23ClN2O6S. The second-order valence-corrected chi connectivity index (χ2v) is 8.60. The third-order valence-corrected chi connectivity index (χ3v) is 5.61. The first-order chi connectivity index (χ1) is 14.1. The van der Waals surface area contributed by atoms with Crippen LogP contribution in [0, 0.1) is 0 Å². The number of hydrogen-bond donors (Lipinski definition) is 1. The summed E-state index contributed by atoms with van der Waals surface area (Å²) in [5.41, 5.74) is 0.485. The minimum absolute atomic E-state index is 0.119. The van der Waals surface area contributed by atoms with Crippen LogP contribution in [0.15, 0.2) is 42.5 Å². The molecule has 0 aliphatic rings. The third-order valence-electron chi connectivity index (χ3n) is 4.15. The van der Waals surface area contributed by atoms with Gasteiger partial charge < -0.3 is 14.8 Å². The Morgan fingerprint density at radius 3 is 2.47 bits per heavy atom. The molecule has 0 aliphatic heterocycles. The van der Waals surface area contributed by atoms with Gasteiger partial charge >= 0.3 is 5.97 Å². The van der Waals surface area contributed by atoms with Gasteiger partial charge in [-0.05, 0) is 44.2 Å². The van der Waals surface area contributed by atoms with Crippen LogP contribution in [0.5, 0.6) is 5.75 Å². The maximum Gasteiger partial charge on any atom is 0.340 e. The lowest BCUT2D eigenvalue weighted by molar-refractivity contribution is -0.116. The van der Waals surface area contributed by atoms with Gasteiger partial charge in [0.2, 0.25) is 15.9 Å². The van der Waals surface area contributed by atoms with Crippen LogP contribution in [0.4, 0.5) is 11.4 Å². The lowest BCUT2D eigenvalue weighted by Gasteiger charge is -2.29. The van der Waals surface area contributed by atoms with Crippen molar-refractivity contribution in [1.82, 2.24) is 0 Å². The molecule has 2 aromatic rings. The topological polar surface area (TPSA) is 102 Å². The van der Waals surface area contributed by atoms with Crippen molar-refractivity contribution in [3.63, 3.8) is 0 Å². The molecule has 0 bridgehead atoms. The molecule has 0 spiro atoms. The molecule has 2 aromatic carbocycles. The van der Waals surface area contributed by atoms with Crippen LogP contribution in [0.3, 0.4) is 0 Å². The van der Waals surface area contributed by atoms with Crippen LogP contribution in [0.2, 0.25) is 5.02 Å². The number of carbonyl (C=O) groups is 2. The molecule has 0 heterocycles. The number of amides is 1. The zero-order valence-electron chi connectivity index (χ0n) is 17.0. The predicted molar refractivity (Wildman–Crippen MR) is 116 cm³/mol. The predicted octanol–water partition coefficient (Wildman–Crippen LogP) is 3.32. The fraction of sp³-hybridized carbons (Fsp3) is 0.300. The van der Waals surface area contributed by atoms with E-state index in [9.17, 15) is 18.0 Å². The normalized spacial score (nSPS) is 12.0. The molecule has 1 amide bonds. The van der Waals surface area contributed by atoms with Crippen LogP contribution in [-0.4, -0.2) is 46.3 Å². The maximum atomic E-state index is 12.9. The number of carbonyl (C=O) groups excluding carboxylic acids is 2. The maximum absolute atomic E-state index is 12.9. The van der Waals surface area contributed by atoms with Crippen molar-refractivity contribution < 1.29 is 27.5 Å². The molecule has 0 saturated heterocycles. The van der Waals surface area contributed by atoms with E-state index in [1.807, 2.05) is 0 Å². The van der Waals surface area contributed by atoms with E-state index in [2.05, 4.69) is 5.32 Å². The fourth-order valence-corrected chi connectivity index (χ4v) is 4.17. The number of para-hydroxylation sites is 1. The molecule has 0 fully saturated rings. The molecule has 0 unspecified atom stereocenters. The average molecular weight is 455 g/mol. The van der Waals surface area contributed by atoms with E-state index < -0.39 is 27.9 Å². The Morgan fingerprint density at radius 1 is 1.20 bits per heavy atom. The number of hydrogen-bond acceptors (Lipinski definition) is 6. The number of nitrogens with zero attached hydrogens (tertiary/aromatic N) is 1. The van der Waals surface area contributed by atoms with Gasteiger partial charge in [0.05, 0.1) is 36.9 Å². The molecule has 10 heteroatoms. The molecule has 162 valence electrons. The summed E-state index contributed by atoms with van der Waals surface area (Å²) in [6.45, 7) is 3.27. The summed E-state index contributed by atoms with van der Waals surface area (Å²) in [5.74, 6) is -1.02. The Labute approximate surface area is 180 Å². The van der Waals surface area contributed by atoms with E-state index >= 15 is 0 Å². The van der Waals surface area contributed by atoms with Gasteiger partial charge in [0.15, 0.2) is 0 Å². The summed E-state index contributed by atoms with van der Waals surface area (Å²) in [4.78, 5) is 25.1. The van der Waals surface area contributed by atoms with Gasteiger partial charge in [0.1, 0.15) is 11.8 Å². The first-order valence-corrected chi connectivity index (χ1v) is 11.2. The summed E-state index contributed by atoms with van der Waals surface area (Å²) in [6.07, 6.45) is 0.976. The largest absolute Gasteiger partial charge is 0.495 e. The van der Waals surface area contributed by atoms with Crippen LogP contribution >= 0.6 is 11.6 Å². The fourth-order valence-electron chi connectivity index (χ4n) is 2.83. The molecule has 0 saturated carbocycles. The number of halogens is 1. The number of anilines is 2. The third kappa shape index (κ3) is 5.43. The number of nitrogens with one attached hydrogen (secondary N) is 1. The quantitative estimate of drug-likeness (QED) is 0.614.